The molecule has 1 aromatic carbocycles. The van der Waals surface area contributed by atoms with E-state index in [9.17, 15) is 0 Å². The quantitative estimate of drug-likeness (QED) is 0.851. The number of rotatable bonds is 1. The minimum absolute atomic E-state index is 0.124. The molecule has 1 saturated heterocycles. The zero-order chi connectivity index (χ0) is 12.7. The molecule has 0 bridgehead atoms. The van der Waals surface area contributed by atoms with Gasteiger partial charge in [0, 0.05) is 22.7 Å². The maximum atomic E-state index is 6.50. The van der Waals surface area contributed by atoms with Crippen LogP contribution in [-0.4, -0.2) is 18.7 Å². The molecule has 1 N–H and O–H groups in total. The molecule has 1 aromatic heterocycles. The van der Waals surface area contributed by atoms with Crippen molar-refractivity contribution in [2.24, 2.45) is 0 Å². The first-order valence-corrected chi connectivity index (χ1v) is 8.03. The third-order valence-corrected chi connectivity index (χ3v) is 5.65. The topological polar surface area (TPSA) is 21.3 Å². The normalized spacial score (nSPS) is 26.2. The van der Waals surface area contributed by atoms with Crippen LogP contribution in [0.2, 0.25) is 0 Å². The van der Waals surface area contributed by atoms with Crippen LogP contribution < -0.4 is 5.32 Å². The van der Waals surface area contributed by atoms with Crippen LogP contribution in [0.5, 0.6) is 0 Å². The number of hydrogen-bond acceptors (Lipinski definition) is 3. The summed E-state index contributed by atoms with van der Waals surface area (Å²) < 4.78 is 7.87. The lowest BCUT2D eigenvalue weighted by atomic mass is 9.99. The van der Waals surface area contributed by atoms with E-state index in [1.165, 1.54) is 40.6 Å². The van der Waals surface area contributed by atoms with Crippen LogP contribution in [0.4, 0.5) is 0 Å². The van der Waals surface area contributed by atoms with Gasteiger partial charge in [0.25, 0.3) is 0 Å². The van der Waals surface area contributed by atoms with E-state index in [-0.39, 0.29) is 11.7 Å². The van der Waals surface area contributed by atoms with Gasteiger partial charge >= 0.3 is 0 Å². The molecule has 0 amide bonds. The molecule has 2 aromatic rings. The zero-order valence-corrected chi connectivity index (χ0v) is 11.8. The van der Waals surface area contributed by atoms with Crippen LogP contribution in [0, 0.1) is 0 Å². The highest BCUT2D eigenvalue weighted by Crippen LogP contribution is 2.41. The summed E-state index contributed by atoms with van der Waals surface area (Å²) in [6.07, 6.45) is 5.33. The van der Waals surface area contributed by atoms with Crippen LogP contribution in [-0.2, 0) is 4.74 Å². The van der Waals surface area contributed by atoms with Crippen molar-refractivity contribution >= 4 is 21.4 Å². The molecule has 4 rings (SSSR count). The molecule has 1 aliphatic heterocycles. The Bertz CT molecular complexity index is 552. The first-order chi connectivity index (χ1) is 9.35. The fourth-order valence-corrected chi connectivity index (χ4v) is 4.54. The van der Waals surface area contributed by atoms with Crippen molar-refractivity contribution in [2.45, 2.75) is 37.4 Å². The summed E-state index contributed by atoms with van der Waals surface area (Å²) in [6.45, 7) is 1.99. The molecule has 2 fully saturated rings. The largest absolute Gasteiger partial charge is 0.364 e. The van der Waals surface area contributed by atoms with Gasteiger partial charge in [-0.05, 0) is 30.4 Å². The molecule has 1 spiro atoms. The molecule has 3 heteroatoms. The molecule has 2 heterocycles. The van der Waals surface area contributed by atoms with Crippen LogP contribution in [0.3, 0.4) is 0 Å². The minimum atomic E-state index is 0.124. The van der Waals surface area contributed by atoms with Gasteiger partial charge in [-0.1, -0.05) is 31.0 Å². The fourth-order valence-electron chi connectivity index (χ4n) is 3.45. The van der Waals surface area contributed by atoms with E-state index in [1.807, 2.05) is 11.3 Å². The highest BCUT2D eigenvalue weighted by molar-refractivity contribution is 7.19. The number of thiophene rings is 1. The summed E-state index contributed by atoms with van der Waals surface area (Å²) in [7, 11) is 0. The Labute approximate surface area is 117 Å². The third kappa shape index (κ3) is 2.10. The minimum Gasteiger partial charge on any atom is -0.364 e. The van der Waals surface area contributed by atoms with Gasteiger partial charge in [-0.3, -0.25) is 0 Å². The number of nitrogens with one attached hydrogen (secondary N) is 1. The molecular formula is C16H19NOS. The molecule has 0 radical (unpaired) electrons. The fraction of sp³-hybridized carbons (Fsp3) is 0.500. The van der Waals surface area contributed by atoms with E-state index in [4.69, 9.17) is 4.74 Å². The van der Waals surface area contributed by atoms with Gasteiger partial charge in [-0.2, -0.15) is 0 Å². The molecule has 19 heavy (non-hydrogen) atoms. The second kappa shape index (κ2) is 4.58. The Balaban J connectivity index is 1.64. The lowest BCUT2D eigenvalue weighted by molar-refractivity contribution is -0.113. The second-order valence-electron chi connectivity index (χ2n) is 5.81. The van der Waals surface area contributed by atoms with Gasteiger partial charge in [0.1, 0.15) is 6.10 Å². The van der Waals surface area contributed by atoms with Gasteiger partial charge in [-0.25, -0.2) is 0 Å². The zero-order valence-electron chi connectivity index (χ0n) is 11.0. The number of ether oxygens (including phenoxy) is 1. The SMILES string of the molecule is c1ccc2sc(C3CNCC4(CCCC4)O3)cc2c1. The van der Waals surface area contributed by atoms with Crippen molar-refractivity contribution in [3.8, 4) is 0 Å². The molecular weight excluding hydrogens is 254 g/mol. The number of benzene rings is 1. The van der Waals surface area contributed by atoms with Gasteiger partial charge in [0.05, 0.1) is 5.60 Å². The van der Waals surface area contributed by atoms with Crippen molar-refractivity contribution in [2.75, 3.05) is 13.1 Å². The molecule has 1 aliphatic carbocycles. The predicted octanol–water partition coefficient (Wildman–Crippen LogP) is 3.88. The summed E-state index contributed by atoms with van der Waals surface area (Å²) in [5.74, 6) is 0. The maximum absolute atomic E-state index is 6.50. The van der Waals surface area contributed by atoms with Crippen molar-refractivity contribution in [1.82, 2.24) is 5.32 Å². The smallest absolute Gasteiger partial charge is 0.105 e. The number of fused-ring (bicyclic) bond motifs is 1. The van der Waals surface area contributed by atoms with E-state index >= 15 is 0 Å². The lowest BCUT2D eigenvalue weighted by Gasteiger charge is -2.39. The van der Waals surface area contributed by atoms with Crippen LogP contribution in [0.25, 0.3) is 10.1 Å². The first-order valence-electron chi connectivity index (χ1n) is 7.22. The second-order valence-corrected chi connectivity index (χ2v) is 6.93. The van der Waals surface area contributed by atoms with Crippen molar-refractivity contribution in [3.05, 3.63) is 35.2 Å². The van der Waals surface area contributed by atoms with E-state index in [2.05, 4.69) is 35.6 Å². The van der Waals surface area contributed by atoms with Crippen molar-refractivity contribution in [1.29, 1.82) is 0 Å². The Kier molecular flexibility index (Phi) is 2.87. The average molecular weight is 273 g/mol. The van der Waals surface area contributed by atoms with Crippen LogP contribution >= 0.6 is 11.3 Å². The Morgan fingerprint density at radius 1 is 1.21 bits per heavy atom. The molecule has 1 saturated carbocycles. The molecule has 2 aliphatic rings. The first kappa shape index (κ1) is 11.9. The molecule has 1 atom stereocenters. The Morgan fingerprint density at radius 3 is 2.89 bits per heavy atom. The summed E-state index contributed by atoms with van der Waals surface area (Å²) >= 11 is 1.88. The Morgan fingerprint density at radius 2 is 2.05 bits per heavy atom. The van der Waals surface area contributed by atoms with Crippen molar-refractivity contribution < 1.29 is 4.74 Å². The predicted molar refractivity (Wildman–Crippen MR) is 79.7 cm³/mol. The van der Waals surface area contributed by atoms with E-state index in [0.717, 1.165) is 13.1 Å². The molecule has 100 valence electrons. The number of morpholine rings is 1. The van der Waals surface area contributed by atoms with Crippen LogP contribution in [0.15, 0.2) is 30.3 Å². The highest BCUT2D eigenvalue weighted by atomic mass is 32.1. The van der Waals surface area contributed by atoms with Gasteiger partial charge < -0.3 is 10.1 Å². The summed E-state index contributed by atoms with van der Waals surface area (Å²) in [4.78, 5) is 1.37. The summed E-state index contributed by atoms with van der Waals surface area (Å²) in [6, 6.07) is 10.9. The van der Waals surface area contributed by atoms with E-state index < -0.39 is 0 Å². The molecule has 2 nitrogen and oxygen atoms in total. The monoisotopic (exact) mass is 273 g/mol. The van der Waals surface area contributed by atoms with Gasteiger partial charge in [-0.15, -0.1) is 11.3 Å². The lowest BCUT2D eigenvalue weighted by Crippen LogP contribution is -2.48. The van der Waals surface area contributed by atoms with E-state index in [1.54, 1.807) is 0 Å². The van der Waals surface area contributed by atoms with Gasteiger partial charge in [0.2, 0.25) is 0 Å². The van der Waals surface area contributed by atoms with E-state index in [0.29, 0.717) is 0 Å². The standard InChI is InChI=1S/C16H19NOS/c1-2-6-14-12(5-1)9-15(19-14)13-10-17-11-16(18-13)7-3-4-8-16/h1-2,5-6,9,13,17H,3-4,7-8,10-11H2. The highest BCUT2D eigenvalue weighted by Gasteiger charge is 2.40. The molecule has 1 unspecified atom stereocenters. The Hall–Kier alpha value is -0.900. The summed E-state index contributed by atoms with van der Waals surface area (Å²) in [5, 5.41) is 4.94. The van der Waals surface area contributed by atoms with Crippen molar-refractivity contribution in [3.63, 3.8) is 0 Å². The summed E-state index contributed by atoms with van der Waals surface area (Å²) in [5.41, 5.74) is 0.124. The number of hydrogen-bond donors (Lipinski definition) is 1. The average Bonchev–Trinajstić information content (AvgIpc) is 3.05. The van der Waals surface area contributed by atoms with Crippen LogP contribution in [0.1, 0.15) is 36.7 Å². The third-order valence-electron chi connectivity index (χ3n) is 4.45. The van der Waals surface area contributed by atoms with Gasteiger partial charge in [0.15, 0.2) is 0 Å². The maximum Gasteiger partial charge on any atom is 0.105 e.